The fourth-order valence-corrected chi connectivity index (χ4v) is 2.35. The summed E-state index contributed by atoms with van der Waals surface area (Å²) in [4.78, 5) is 8.79. The van der Waals surface area contributed by atoms with Crippen molar-refractivity contribution in [2.75, 3.05) is 19.6 Å². The zero-order valence-corrected chi connectivity index (χ0v) is 18.2. The molecule has 0 fully saturated rings. The van der Waals surface area contributed by atoms with Crippen LogP contribution in [-0.2, 0) is 12.0 Å². The van der Waals surface area contributed by atoms with Crippen LogP contribution in [0, 0.1) is 13.8 Å². The SMILES string of the molecule is CCNC(=NCC(C)(O)c1ccc(C)o1)NCCc1ccc(C)nc1.I. The quantitative estimate of drug-likeness (QED) is 0.328. The fraction of sp³-hybridized carbons (Fsp3) is 0.474. The number of nitrogens with zero attached hydrogens (tertiary/aromatic N) is 2. The Hall–Kier alpha value is -1.61. The number of pyridine rings is 1. The molecule has 2 aromatic rings. The summed E-state index contributed by atoms with van der Waals surface area (Å²) in [5, 5.41) is 17.1. The van der Waals surface area contributed by atoms with Crippen LogP contribution in [0.25, 0.3) is 0 Å². The fourth-order valence-electron chi connectivity index (χ4n) is 2.35. The number of aliphatic hydroxyl groups is 1. The summed E-state index contributed by atoms with van der Waals surface area (Å²) in [5.74, 6) is 1.97. The maximum absolute atomic E-state index is 10.6. The zero-order chi connectivity index (χ0) is 18.3. The number of hydrogen-bond donors (Lipinski definition) is 3. The maximum Gasteiger partial charge on any atom is 0.191 e. The number of furan rings is 1. The molecule has 0 aromatic carbocycles. The van der Waals surface area contributed by atoms with Crippen molar-refractivity contribution >= 4 is 29.9 Å². The van der Waals surface area contributed by atoms with Gasteiger partial charge in [0.05, 0.1) is 6.54 Å². The highest BCUT2D eigenvalue weighted by Crippen LogP contribution is 2.22. The van der Waals surface area contributed by atoms with E-state index in [1.807, 2.05) is 39.1 Å². The Labute approximate surface area is 172 Å². The predicted octanol–water partition coefficient (Wildman–Crippen LogP) is 2.91. The first kappa shape index (κ1) is 22.4. The van der Waals surface area contributed by atoms with Crippen LogP contribution in [0.5, 0.6) is 0 Å². The number of hydrogen-bond acceptors (Lipinski definition) is 4. The molecule has 0 saturated carbocycles. The topological polar surface area (TPSA) is 82.7 Å². The maximum atomic E-state index is 10.6. The van der Waals surface area contributed by atoms with E-state index in [1.165, 1.54) is 5.56 Å². The molecule has 0 saturated heterocycles. The van der Waals surface area contributed by atoms with E-state index in [9.17, 15) is 5.11 Å². The van der Waals surface area contributed by atoms with Crippen LogP contribution in [0.15, 0.2) is 39.9 Å². The van der Waals surface area contributed by atoms with Gasteiger partial charge >= 0.3 is 0 Å². The minimum Gasteiger partial charge on any atom is -0.463 e. The van der Waals surface area contributed by atoms with Crippen molar-refractivity contribution in [2.24, 2.45) is 4.99 Å². The lowest BCUT2D eigenvalue weighted by atomic mass is 10.0. The number of guanidine groups is 1. The van der Waals surface area contributed by atoms with Gasteiger partial charge in [-0.1, -0.05) is 6.07 Å². The molecular weight excluding hydrogens is 443 g/mol. The summed E-state index contributed by atoms with van der Waals surface area (Å²) in [6, 6.07) is 7.72. The van der Waals surface area contributed by atoms with E-state index in [4.69, 9.17) is 4.42 Å². The molecule has 0 amide bonds. The number of aryl methyl sites for hydroxylation is 2. The Morgan fingerprint density at radius 1 is 1.23 bits per heavy atom. The number of rotatable bonds is 7. The van der Waals surface area contributed by atoms with Crippen LogP contribution in [0.4, 0.5) is 0 Å². The number of nitrogens with one attached hydrogen (secondary N) is 2. The molecule has 6 nitrogen and oxygen atoms in total. The smallest absolute Gasteiger partial charge is 0.191 e. The predicted molar refractivity (Wildman–Crippen MR) is 115 cm³/mol. The summed E-state index contributed by atoms with van der Waals surface area (Å²) in [6.45, 7) is 9.24. The molecule has 0 spiro atoms. The van der Waals surface area contributed by atoms with Crippen molar-refractivity contribution < 1.29 is 9.52 Å². The lowest BCUT2D eigenvalue weighted by Gasteiger charge is -2.19. The van der Waals surface area contributed by atoms with E-state index in [-0.39, 0.29) is 30.5 Å². The first-order chi connectivity index (χ1) is 11.9. The van der Waals surface area contributed by atoms with Crippen LogP contribution in [0.2, 0.25) is 0 Å². The van der Waals surface area contributed by atoms with Gasteiger partial charge < -0.3 is 20.2 Å². The van der Waals surface area contributed by atoms with Crippen LogP contribution < -0.4 is 10.6 Å². The molecule has 0 aliphatic heterocycles. The van der Waals surface area contributed by atoms with Gasteiger partial charge in [-0.3, -0.25) is 4.98 Å². The molecule has 0 bridgehead atoms. The zero-order valence-electron chi connectivity index (χ0n) is 15.9. The van der Waals surface area contributed by atoms with E-state index in [0.29, 0.717) is 11.7 Å². The van der Waals surface area contributed by atoms with Gasteiger partial charge in [-0.25, -0.2) is 4.99 Å². The summed E-state index contributed by atoms with van der Waals surface area (Å²) < 4.78 is 5.52. The molecule has 1 atom stereocenters. The molecule has 7 heteroatoms. The highest BCUT2D eigenvalue weighted by molar-refractivity contribution is 14.0. The van der Waals surface area contributed by atoms with Gasteiger partial charge in [0.1, 0.15) is 17.1 Å². The molecule has 0 radical (unpaired) electrons. The van der Waals surface area contributed by atoms with Gasteiger partial charge in [-0.15, -0.1) is 24.0 Å². The second kappa shape index (κ2) is 10.5. The van der Waals surface area contributed by atoms with E-state index in [1.54, 1.807) is 13.0 Å². The van der Waals surface area contributed by atoms with Gasteiger partial charge in [0.15, 0.2) is 5.96 Å². The summed E-state index contributed by atoms with van der Waals surface area (Å²) in [7, 11) is 0. The van der Waals surface area contributed by atoms with Crippen molar-refractivity contribution in [3.63, 3.8) is 0 Å². The second-order valence-corrected chi connectivity index (χ2v) is 6.36. The molecule has 26 heavy (non-hydrogen) atoms. The van der Waals surface area contributed by atoms with Gasteiger partial charge in [0.2, 0.25) is 0 Å². The third-order valence-corrected chi connectivity index (χ3v) is 3.84. The normalized spacial score (nSPS) is 13.7. The number of halogens is 1. The van der Waals surface area contributed by atoms with Gasteiger partial charge in [0, 0.05) is 25.0 Å². The second-order valence-electron chi connectivity index (χ2n) is 6.36. The Balaban J connectivity index is 0.00000338. The first-order valence-electron chi connectivity index (χ1n) is 8.63. The average molecular weight is 472 g/mol. The summed E-state index contributed by atoms with van der Waals surface area (Å²) in [5.41, 5.74) is 1.05. The third kappa shape index (κ3) is 6.95. The summed E-state index contributed by atoms with van der Waals surface area (Å²) >= 11 is 0. The molecule has 2 heterocycles. The minimum absolute atomic E-state index is 0. The Morgan fingerprint density at radius 2 is 2.00 bits per heavy atom. The highest BCUT2D eigenvalue weighted by Gasteiger charge is 2.26. The van der Waals surface area contributed by atoms with Crippen LogP contribution in [0.3, 0.4) is 0 Å². The lowest BCUT2D eigenvalue weighted by Crippen LogP contribution is -2.39. The van der Waals surface area contributed by atoms with E-state index in [2.05, 4.69) is 26.7 Å². The standard InChI is InChI=1S/C19H28N4O2.HI/c1-5-20-18(21-11-10-16-8-6-14(2)22-12-16)23-13-19(4,24)17-9-7-15(3)25-17;/h6-9,12,24H,5,10-11,13H2,1-4H3,(H2,20,21,23);1H. The van der Waals surface area contributed by atoms with Crippen molar-refractivity contribution in [3.05, 3.63) is 53.2 Å². The van der Waals surface area contributed by atoms with Crippen molar-refractivity contribution in [3.8, 4) is 0 Å². The largest absolute Gasteiger partial charge is 0.463 e. The average Bonchev–Trinajstić information content (AvgIpc) is 3.02. The highest BCUT2D eigenvalue weighted by atomic mass is 127. The molecular formula is C19H29IN4O2. The van der Waals surface area contributed by atoms with E-state index in [0.717, 1.165) is 31.0 Å². The van der Waals surface area contributed by atoms with E-state index >= 15 is 0 Å². The Bertz CT molecular complexity index is 696. The Morgan fingerprint density at radius 3 is 2.58 bits per heavy atom. The lowest BCUT2D eigenvalue weighted by molar-refractivity contribution is 0.0428. The minimum atomic E-state index is -1.14. The molecule has 0 aliphatic carbocycles. The number of aliphatic imine (C=N–C) groups is 1. The van der Waals surface area contributed by atoms with Gasteiger partial charge in [0.25, 0.3) is 0 Å². The number of aromatic nitrogens is 1. The van der Waals surface area contributed by atoms with E-state index < -0.39 is 5.60 Å². The van der Waals surface area contributed by atoms with Crippen molar-refractivity contribution in [2.45, 2.75) is 39.7 Å². The third-order valence-electron chi connectivity index (χ3n) is 3.84. The van der Waals surface area contributed by atoms with Gasteiger partial charge in [-0.2, -0.15) is 0 Å². The van der Waals surface area contributed by atoms with Crippen molar-refractivity contribution in [1.82, 2.24) is 15.6 Å². The molecule has 2 rings (SSSR count). The molecule has 144 valence electrons. The molecule has 2 aromatic heterocycles. The molecule has 3 N–H and O–H groups in total. The molecule has 1 unspecified atom stereocenters. The Kier molecular flexibility index (Phi) is 9.07. The first-order valence-corrected chi connectivity index (χ1v) is 8.63. The monoisotopic (exact) mass is 472 g/mol. The molecule has 0 aliphatic rings. The van der Waals surface area contributed by atoms with Crippen molar-refractivity contribution in [1.29, 1.82) is 0 Å². The van der Waals surface area contributed by atoms with Crippen LogP contribution in [-0.4, -0.2) is 35.7 Å². The van der Waals surface area contributed by atoms with Crippen LogP contribution >= 0.6 is 24.0 Å². The van der Waals surface area contributed by atoms with Gasteiger partial charge in [-0.05, 0) is 57.9 Å². The van der Waals surface area contributed by atoms with Crippen LogP contribution in [0.1, 0.15) is 36.6 Å². The summed E-state index contributed by atoms with van der Waals surface area (Å²) in [6.07, 6.45) is 2.75.